The summed E-state index contributed by atoms with van der Waals surface area (Å²) in [5.74, 6) is 1.06. The van der Waals surface area contributed by atoms with Crippen LogP contribution in [0.3, 0.4) is 0 Å². The number of amides is 3. The molecule has 4 aliphatic heterocycles. The number of β-amino-alcohol motifs (C(OH)–C–C–N with tert-alkyl or cyclic N) is 1. The van der Waals surface area contributed by atoms with Crippen LogP contribution in [-0.4, -0.2) is 195 Å². The average molecular weight is 1680 g/mol. The molecule has 31 heteroatoms. The first kappa shape index (κ1) is 92.8. The summed E-state index contributed by atoms with van der Waals surface area (Å²) in [5.41, 5.74) is 18.8. The largest absolute Gasteiger partial charge is 0.491 e. The van der Waals surface area contributed by atoms with E-state index < -0.39 is 34.8 Å². The van der Waals surface area contributed by atoms with Crippen LogP contribution in [0.5, 0.6) is 11.5 Å². The third-order valence-electron chi connectivity index (χ3n) is 18.7. The number of aliphatic hydroxyl groups excluding tert-OH is 1. The maximum Gasteiger partial charge on any atom is 0.416 e. The molecule has 8 aromatic carbocycles. The molecule has 0 radical (unpaired) electrons. The molecule has 117 heavy (non-hydrogen) atoms. The zero-order valence-electron chi connectivity index (χ0n) is 66.6. The van der Waals surface area contributed by atoms with Crippen molar-refractivity contribution in [3.8, 4) is 34.4 Å². The van der Waals surface area contributed by atoms with Crippen LogP contribution >= 0.6 is 34.8 Å². The summed E-state index contributed by atoms with van der Waals surface area (Å²) < 4.78 is 105. The molecular formula is C86H101Cl3F6N12O10. The van der Waals surface area contributed by atoms with Gasteiger partial charge in [0.2, 0.25) is 34.7 Å². The Hall–Kier alpha value is -9.69. The Kier molecular flexibility index (Phi) is 36.4. The lowest BCUT2D eigenvalue weighted by molar-refractivity contribution is -0.138. The summed E-state index contributed by atoms with van der Waals surface area (Å²) >= 11 is 14.9. The molecule has 3 amide bonds. The van der Waals surface area contributed by atoms with Crippen molar-refractivity contribution in [2.24, 2.45) is 0 Å². The normalized spacial score (nSPS) is 15.0. The fraction of sp³-hybridized carbons (Fsp3) is 0.372. The van der Waals surface area contributed by atoms with E-state index in [1.54, 1.807) is 36.4 Å². The highest BCUT2D eigenvalue weighted by Crippen LogP contribution is 2.36. The molecule has 2 atom stereocenters. The SMILES string of the molecule is C1CNCCN1.Cc1cccc(C)c1N.Cc1cccc(C)c1NC(=O)CCl.Cc1cccc(C)c1NC(=O)CN1CCN(CC(O)COc2ccc3oc(-c4cccc(C(F)(F)F)c4)nc3c2)CC1.Cc1cccc(C)c1NC(=O)CN1CCNCC1.FC(F)(F)c1cccc(-c2nc3cc(OCC4CO4)ccc3o2)c1.O=C(Cl)CCl. The molecule has 0 aliphatic carbocycles. The van der Waals surface area contributed by atoms with Crippen molar-refractivity contribution in [1.82, 2.24) is 40.6 Å². The molecule has 6 heterocycles. The number of nitrogens with zero attached hydrogens (tertiary/aromatic N) is 5. The number of fused-ring (bicyclic) bond motifs is 2. The quantitative estimate of drug-likeness (QED) is 0.0123. The molecule has 2 unspecified atom stereocenters. The highest BCUT2D eigenvalue weighted by Gasteiger charge is 2.33. The van der Waals surface area contributed by atoms with Gasteiger partial charge in [-0.3, -0.25) is 33.9 Å². The summed E-state index contributed by atoms with van der Waals surface area (Å²) in [4.78, 5) is 60.1. The number of alkyl halides is 8. The van der Waals surface area contributed by atoms with Gasteiger partial charge in [0.05, 0.1) is 36.7 Å². The molecule has 2 aromatic heterocycles. The smallest absolute Gasteiger partial charge is 0.416 e. The predicted molar refractivity (Wildman–Crippen MR) is 450 cm³/mol. The Bertz CT molecular complexity index is 4780. The van der Waals surface area contributed by atoms with E-state index in [1.807, 2.05) is 128 Å². The van der Waals surface area contributed by atoms with Gasteiger partial charge in [-0.2, -0.15) is 26.3 Å². The molecule has 10 aromatic rings. The second-order valence-electron chi connectivity index (χ2n) is 28.2. The van der Waals surface area contributed by atoms with Gasteiger partial charge in [0.25, 0.3) is 0 Å². The number of halogens is 9. The third-order valence-corrected chi connectivity index (χ3v) is 19.5. The van der Waals surface area contributed by atoms with Gasteiger partial charge in [0.1, 0.15) is 53.8 Å². The molecule has 0 saturated carbocycles. The van der Waals surface area contributed by atoms with Crippen molar-refractivity contribution >= 4 is 103 Å². The van der Waals surface area contributed by atoms with Crippen molar-refractivity contribution in [2.45, 2.75) is 80.0 Å². The number of piperazine rings is 3. The number of hydrogen-bond donors (Lipinski definition) is 8. The van der Waals surface area contributed by atoms with Gasteiger partial charge in [-0.05, 0) is 172 Å². The number of para-hydroxylation sites is 4. The Labute approximate surface area is 692 Å². The van der Waals surface area contributed by atoms with E-state index in [4.69, 9.17) is 63.6 Å². The second kappa shape index (κ2) is 45.9. The Morgan fingerprint density at radius 3 is 1.23 bits per heavy atom. The van der Waals surface area contributed by atoms with E-state index in [1.165, 1.54) is 24.3 Å². The van der Waals surface area contributed by atoms with Crippen LogP contribution in [0.25, 0.3) is 45.1 Å². The number of rotatable bonds is 19. The molecule has 628 valence electrons. The first-order valence-corrected chi connectivity index (χ1v) is 39.5. The topological polar surface area (TPSA) is 279 Å². The van der Waals surface area contributed by atoms with Gasteiger partial charge in [-0.1, -0.05) is 84.9 Å². The Morgan fingerprint density at radius 2 is 0.863 bits per heavy atom. The third kappa shape index (κ3) is 31.0. The van der Waals surface area contributed by atoms with Crippen LogP contribution in [0.1, 0.15) is 55.6 Å². The van der Waals surface area contributed by atoms with Crippen LogP contribution in [0.4, 0.5) is 49.1 Å². The lowest BCUT2D eigenvalue weighted by atomic mass is 10.1. The lowest BCUT2D eigenvalue weighted by Gasteiger charge is -2.35. The first-order valence-electron chi connectivity index (χ1n) is 38.1. The zero-order chi connectivity index (χ0) is 84.8. The highest BCUT2D eigenvalue weighted by molar-refractivity contribution is 6.67. The number of aryl methyl sites for hydroxylation is 8. The van der Waals surface area contributed by atoms with Gasteiger partial charge in [-0.15, -0.1) is 23.2 Å². The summed E-state index contributed by atoms with van der Waals surface area (Å²) in [6, 6.07) is 43.6. The number of epoxide rings is 1. The van der Waals surface area contributed by atoms with Gasteiger partial charge < -0.3 is 65.8 Å². The number of ether oxygens (including phenoxy) is 3. The molecule has 4 aliphatic rings. The minimum absolute atomic E-state index is 0.00618. The minimum atomic E-state index is -4.46. The number of aromatic nitrogens is 2. The number of hydrogen-bond acceptors (Lipinski definition) is 19. The molecule has 14 rings (SSSR count). The monoisotopic (exact) mass is 1680 g/mol. The molecule has 9 N–H and O–H groups in total. The van der Waals surface area contributed by atoms with Crippen molar-refractivity contribution in [3.05, 3.63) is 213 Å². The summed E-state index contributed by atoms with van der Waals surface area (Å²) in [7, 11) is 0. The van der Waals surface area contributed by atoms with Crippen molar-refractivity contribution in [3.63, 3.8) is 0 Å². The highest BCUT2D eigenvalue weighted by atomic mass is 35.5. The number of nitrogens with one attached hydrogen (secondary N) is 6. The van der Waals surface area contributed by atoms with E-state index in [2.05, 4.69) is 56.6 Å². The number of anilines is 4. The fourth-order valence-corrected chi connectivity index (χ4v) is 12.3. The van der Waals surface area contributed by atoms with Gasteiger partial charge in [-0.25, -0.2) is 9.97 Å². The summed E-state index contributed by atoms with van der Waals surface area (Å²) in [6.45, 7) is 29.6. The number of carbonyl (C=O) groups excluding carboxylic acids is 4. The van der Waals surface area contributed by atoms with Crippen LogP contribution in [0.2, 0.25) is 0 Å². The Morgan fingerprint density at radius 1 is 0.504 bits per heavy atom. The summed E-state index contributed by atoms with van der Waals surface area (Å²) in [6.07, 6.45) is -9.47. The maximum atomic E-state index is 13.1. The van der Waals surface area contributed by atoms with Gasteiger partial charge in [0.15, 0.2) is 11.2 Å². The molecule has 4 fully saturated rings. The standard InChI is InChI=1S/C31H33F3N4O4.C17H12F3NO3.C14H21N3O.C10H12ClNO.C8H11N.C4H10N2.C2H2Cl2O/c1-20-5-3-6-21(2)29(20)36-28(40)18-38-13-11-37(12-14-38)17-24(39)19-41-25-9-10-27-26(16-25)35-30(42-27)22-7-4-8-23(15-22)31(32,33)34;18-17(19,20)11-3-1-2-10(6-11)16-21-14-7-12(4-5-15(14)24-16)22-8-13-9-23-13;1-11-4-3-5-12(2)14(11)16-13(18)10-17-8-6-15-7-9-17;1-7-4-3-5-8(2)10(7)12-9(13)6-11;1-6-4-3-5-7(2)8(6)9;1-2-6-4-3-5-1;3-1-2(4)5/h3-10,15-16,24,39H,11-14,17-19H2,1-2H3,(H,36,40);1-7,13H,8-9H2;3-5,15H,6-10H2,1-2H3,(H,16,18);3-5H,6H2,1-2H3,(H,12,13);3-5H,9H2,1-2H3;5-6H,1-4H2;1H2. The van der Waals surface area contributed by atoms with E-state index >= 15 is 0 Å². The first-order chi connectivity index (χ1) is 55.8. The Balaban J connectivity index is 0.000000192. The summed E-state index contributed by atoms with van der Waals surface area (Å²) in [5, 5.41) is 28.6. The van der Waals surface area contributed by atoms with Crippen molar-refractivity contribution in [1.29, 1.82) is 0 Å². The van der Waals surface area contributed by atoms with Gasteiger partial charge in [0, 0.05) is 131 Å². The maximum absolute atomic E-state index is 13.1. The van der Waals surface area contributed by atoms with Crippen LogP contribution in [0.15, 0.2) is 167 Å². The van der Waals surface area contributed by atoms with Crippen LogP contribution in [0, 0.1) is 55.4 Å². The van der Waals surface area contributed by atoms with E-state index in [9.17, 15) is 50.6 Å². The van der Waals surface area contributed by atoms with E-state index in [0.717, 1.165) is 157 Å². The second-order valence-corrected chi connectivity index (χ2v) is 29.1. The average Bonchev–Trinajstić information content (AvgIpc) is 1.12. The van der Waals surface area contributed by atoms with Crippen molar-refractivity contribution < 1.29 is 73.7 Å². The number of aliphatic hydroxyl groups is 1. The van der Waals surface area contributed by atoms with Gasteiger partial charge >= 0.3 is 12.4 Å². The van der Waals surface area contributed by atoms with E-state index in [0.29, 0.717) is 79.6 Å². The van der Waals surface area contributed by atoms with Crippen LogP contribution < -0.4 is 47.1 Å². The van der Waals surface area contributed by atoms with Crippen LogP contribution in [-0.2, 0) is 36.3 Å². The predicted octanol–water partition coefficient (Wildman–Crippen LogP) is 15.1. The number of nitrogens with two attached hydrogens (primary N) is 1. The molecule has 4 saturated heterocycles. The molecule has 22 nitrogen and oxygen atoms in total. The number of benzene rings is 8. The van der Waals surface area contributed by atoms with Crippen molar-refractivity contribution in [2.75, 3.05) is 151 Å². The molecule has 0 bridgehead atoms. The minimum Gasteiger partial charge on any atom is -0.491 e. The number of carbonyl (C=O) groups is 4. The molecular weight excluding hydrogens is 1580 g/mol. The fourth-order valence-electron chi connectivity index (χ4n) is 12.2. The molecule has 0 spiro atoms. The lowest BCUT2D eigenvalue weighted by Crippen LogP contribution is -2.50. The van der Waals surface area contributed by atoms with E-state index in [-0.39, 0.29) is 65.1 Å². The number of nitrogen functional groups attached to an aromatic ring is 1. The number of oxazole rings is 2. The zero-order valence-corrected chi connectivity index (χ0v) is 68.9.